The zero-order valence-electron chi connectivity index (χ0n) is 8.73. The number of carbonyl (C=O) groups excluding carboxylic acids is 1. The van der Waals surface area contributed by atoms with Crippen molar-refractivity contribution in [2.75, 3.05) is 33.7 Å². The third-order valence-electron chi connectivity index (χ3n) is 2.78. The SMILES string of the molecule is CC1CCN(CCN(C)C=O)N1C. The van der Waals surface area contributed by atoms with Crippen LogP contribution in [0.1, 0.15) is 13.3 Å². The summed E-state index contributed by atoms with van der Waals surface area (Å²) in [4.78, 5) is 12.0. The van der Waals surface area contributed by atoms with Crippen LogP contribution in [0, 0.1) is 0 Å². The molecular formula is C9H19N3O. The molecule has 1 unspecified atom stereocenters. The number of carbonyl (C=O) groups is 1. The largest absolute Gasteiger partial charge is 0.347 e. The van der Waals surface area contributed by atoms with Crippen molar-refractivity contribution in [2.45, 2.75) is 19.4 Å². The van der Waals surface area contributed by atoms with Gasteiger partial charge in [-0.1, -0.05) is 0 Å². The molecule has 0 spiro atoms. The van der Waals surface area contributed by atoms with E-state index in [0.717, 1.165) is 26.0 Å². The summed E-state index contributed by atoms with van der Waals surface area (Å²) >= 11 is 0. The Labute approximate surface area is 80.1 Å². The van der Waals surface area contributed by atoms with Crippen LogP contribution in [-0.4, -0.2) is 61.1 Å². The Morgan fingerprint density at radius 2 is 2.31 bits per heavy atom. The van der Waals surface area contributed by atoms with Gasteiger partial charge in [0, 0.05) is 39.8 Å². The highest BCUT2D eigenvalue weighted by atomic mass is 16.1. The number of nitrogens with zero attached hydrogens (tertiary/aromatic N) is 3. The number of rotatable bonds is 4. The molecule has 76 valence electrons. The van der Waals surface area contributed by atoms with Crippen LogP contribution in [0.4, 0.5) is 0 Å². The summed E-state index contributed by atoms with van der Waals surface area (Å²) in [6.45, 7) is 5.09. The smallest absolute Gasteiger partial charge is 0.209 e. The van der Waals surface area contributed by atoms with E-state index in [1.807, 2.05) is 7.05 Å². The molecule has 0 saturated carbocycles. The maximum Gasteiger partial charge on any atom is 0.209 e. The van der Waals surface area contributed by atoms with Crippen LogP contribution in [0.2, 0.25) is 0 Å². The fourth-order valence-electron chi connectivity index (χ4n) is 1.55. The average molecular weight is 185 g/mol. The zero-order valence-corrected chi connectivity index (χ0v) is 8.73. The molecule has 0 aromatic carbocycles. The Morgan fingerprint density at radius 1 is 1.62 bits per heavy atom. The summed E-state index contributed by atoms with van der Waals surface area (Å²) in [5.41, 5.74) is 0. The lowest BCUT2D eigenvalue weighted by molar-refractivity contribution is -0.117. The van der Waals surface area contributed by atoms with E-state index in [1.165, 1.54) is 6.42 Å². The van der Waals surface area contributed by atoms with Gasteiger partial charge in [-0.3, -0.25) is 4.79 Å². The fraction of sp³-hybridized carbons (Fsp3) is 0.889. The molecule has 1 aliphatic rings. The minimum atomic E-state index is 0.640. The van der Waals surface area contributed by atoms with Gasteiger partial charge in [0.25, 0.3) is 0 Å². The van der Waals surface area contributed by atoms with Crippen LogP contribution in [0.5, 0.6) is 0 Å². The van der Waals surface area contributed by atoms with E-state index in [4.69, 9.17) is 0 Å². The van der Waals surface area contributed by atoms with Crippen LogP contribution < -0.4 is 0 Å². The highest BCUT2D eigenvalue weighted by Crippen LogP contribution is 2.14. The van der Waals surface area contributed by atoms with Gasteiger partial charge < -0.3 is 4.90 Å². The Balaban J connectivity index is 2.26. The number of amides is 1. The molecule has 4 heteroatoms. The van der Waals surface area contributed by atoms with E-state index in [-0.39, 0.29) is 0 Å². The molecule has 0 radical (unpaired) electrons. The van der Waals surface area contributed by atoms with E-state index < -0.39 is 0 Å². The molecule has 13 heavy (non-hydrogen) atoms. The van der Waals surface area contributed by atoms with Gasteiger partial charge in [-0.15, -0.1) is 0 Å². The molecule has 1 fully saturated rings. The molecular weight excluding hydrogens is 166 g/mol. The Morgan fingerprint density at radius 3 is 2.77 bits per heavy atom. The second kappa shape index (κ2) is 4.58. The fourth-order valence-corrected chi connectivity index (χ4v) is 1.55. The second-order valence-corrected chi connectivity index (χ2v) is 3.75. The molecule has 0 aromatic heterocycles. The maximum absolute atomic E-state index is 10.3. The molecule has 0 aromatic rings. The quantitative estimate of drug-likeness (QED) is 0.578. The molecule has 0 aliphatic carbocycles. The third-order valence-corrected chi connectivity index (χ3v) is 2.78. The van der Waals surface area contributed by atoms with Gasteiger partial charge in [-0.2, -0.15) is 0 Å². The van der Waals surface area contributed by atoms with Gasteiger partial charge in [-0.05, 0) is 13.3 Å². The van der Waals surface area contributed by atoms with Crippen molar-refractivity contribution in [3.8, 4) is 0 Å². The van der Waals surface area contributed by atoms with Crippen molar-refractivity contribution in [3.05, 3.63) is 0 Å². The van der Waals surface area contributed by atoms with Gasteiger partial charge >= 0.3 is 0 Å². The van der Waals surface area contributed by atoms with E-state index in [0.29, 0.717) is 6.04 Å². The molecule has 1 heterocycles. The molecule has 1 rings (SSSR count). The number of likely N-dealkylation sites (N-methyl/N-ethyl adjacent to an activating group) is 1. The Kier molecular flexibility index (Phi) is 3.69. The van der Waals surface area contributed by atoms with Crippen molar-refractivity contribution in [3.63, 3.8) is 0 Å². The first kappa shape index (κ1) is 10.5. The summed E-state index contributed by atoms with van der Waals surface area (Å²) in [7, 11) is 3.92. The van der Waals surface area contributed by atoms with Crippen molar-refractivity contribution < 1.29 is 4.79 Å². The molecule has 4 nitrogen and oxygen atoms in total. The van der Waals surface area contributed by atoms with Gasteiger partial charge in [0.1, 0.15) is 0 Å². The number of hydrogen-bond acceptors (Lipinski definition) is 3. The van der Waals surface area contributed by atoms with Crippen LogP contribution >= 0.6 is 0 Å². The Bertz CT molecular complexity index is 174. The first-order chi connectivity index (χ1) is 6.15. The summed E-state index contributed by atoms with van der Waals surface area (Å²) in [5.74, 6) is 0. The van der Waals surface area contributed by atoms with Crippen molar-refractivity contribution in [2.24, 2.45) is 0 Å². The number of hydrogen-bond donors (Lipinski definition) is 0. The maximum atomic E-state index is 10.3. The van der Waals surface area contributed by atoms with Gasteiger partial charge in [-0.25, -0.2) is 10.0 Å². The van der Waals surface area contributed by atoms with E-state index in [2.05, 4.69) is 24.0 Å². The molecule has 0 N–H and O–H groups in total. The molecule has 1 saturated heterocycles. The van der Waals surface area contributed by atoms with Crippen molar-refractivity contribution in [1.82, 2.24) is 14.9 Å². The number of hydrazine groups is 1. The summed E-state index contributed by atoms with van der Waals surface area (Å²) in [5, 5.41) is 4.56. The van der Waals surface area contributed by atoms with Gasteiger partial charge in [0.2, 0.25) is 6.41 Å². The summed E-state index contributed by atoms with van der Waals surface area (Å²) in [6, 6.07) is 0.640. The first-order valence-electron chi connectivity index (χ1n) is 4.78. The van der Waals surface area contributed by atoms with Crippen LogP contribution in [0.3, 0.4) is 0 Å². The molecule has 1 amide bonds. The highest BCUT2D eigenvalue weighted by Gasteiger charge is 2.24. The highest BCUT2D eigenvalue weighted by molar-refractivity contribution is 5.46. The van der Waals surface area contributed by atoms with E-state index >= 15 is 0 Å². The predicted octanol–water partition coefficient (Wildman–Crippen LogP) is 0.0156. The van der Waals surface area contributed by atoms with Gasteiger partial charge in [0.05, 0.1) is 0 Å². The van der Waals surface area contributed by atoms with E-state index in [1.54, 1.807) is 4.90 Å². The Hall–Kier alpha value is -0.610. The lowest BCUT2D eigenvalue weighted by Crippen LogP contribution is -2.40. The average Bonchev–Trinajstić information content (AvgIpc) is 2.44. The lowest BCUT2D eigenvalue weighted by atomic mass is 10.3. The summed E-state index contributed by atoms with van der Waals surface area (Å²) in [6.07, 6.45) is 2.10. The third kappa shape index (κ3) is 2.67. The zero-order chi connectivity index (χ0) is 9.84. The van der Waals surface area contributed by atoms with Crippen molar-refractivity contribution in [1.29, 1.82) is 0 Å². The molecule has 0 bridgehead atoms. The monoisotopic (exact) mass is 185 g/mol. The van der Waals surface area contributed by atoms with Gasteiger partial charge in [0.15, 0.2) is 0 Å². The predicted molar refractivity (Wildman–Crippen MR) is 52.1 cm³/mol. The lowest BCUT2D eigenvalue weighted by Gasteiger charge is -2.27. The minimum Gasteiger partial charge on any atom is -0.347 e. The standard InChI is InChI=1S/C9H19N3O/c1-9-4-5-12(11(9)3)7-6-10(2)8-13/h8-9H,4-7H2,1-3H3. The normalized spacial score (nSPS) is 25.0. The molecule has 1 atom stereocenters. The van der Waals surface area contributed by atoms with E-state index in [9.17, 15) is 4.79 Å². The van der Waals surface area contributed by atoms with Crippen molar-refractivity contribution >= 4 is 6.41 Å². The molecule has 1 aliphatic heterocycles. The second-order valence-electron chi connectivity index (χ2n) is 3.75. The van der Waals surface area contributed by atoms with Crippen LogP contribution in [-0.2, 0) is 4.79 Å². The van der Waals surface area contributed by atoms with Crippen LogP contribution in [0.15, 0.2) is 0 Å². The minimum absolute atomic E-state index is 0.640. The topological polar surface area (TPSA) is 26.8 Å². The van der Waals surface area contributed by atoms with Crippen LogP contribution in [0.25, 0.3) is 0 Å². The summed E-state index contributed by atoms with van der Waals surface area (Å²) < 4.78 is 0. The first-order valence-corrected chi connectivity index (χ1v) is 4.78.